The molecule has 0 fully saturated rings. The van der Waals surface area contributed by atoms with Crippen molar-refractivity contribution in [2.24, 2.45) is 0 Å². The minimum absolute atomic E-state index is 0.972. The molecule has 0 amide bonds. The zero-order chi connectivity index (χ0) is 36.6. The second kappa shape index (κ2) is 12.3. The number of aryl methyl sites for hydroxylation is 2. The number of hydrogen-bond donors (Lipinski definition) is 0. The number of nitrogens with zero attached hydrogens (tertiary/aromatic N) is 4. The summed E-state index contributed by atoms with van der Waals surface area (Å²) in [4.78, 5) is 4.89. The molecule has 4 aromatic heterocycles. The summed E-state index contributed by atoms with van der Waals surface area (Å²) in [5.74, 6) is 0. The molecule has 4 nitrogen and oxygen atoms in total. The van der Waals surface area contributed by atoms with Crippen LogP contribution in [0.25, 0.3) is 93.7 Å². The lowest BCUT2D eigenvalue weighted by Gasteiger charge is -2.15. The monoisotopic (exact) mass is 706 g/mol. The number of rotatable bonds is 6. The predicted molar refractivity (Wildman–Crippen MR) is 231 cm³/mol. The lowest BCUT2D eigenvalue weighted by molar-refractivity contribution is 1.10. The van der Waals surface area contributed by atoms with Crippen molar-refractivity contribution >= 4 is 65.5 Å². The first-order valence-corrected chi connectivity index (χ1v) is 19.3. The van der Waals surface area contributed by atoms with E-state index in [1.54, 1.807) is 0 Å². The first-order chi connectivity index (χ1) is 27.2. The SMILES string of the molecule is CCc1ccc(-n2c3ccc(-c4ccccc4-n4c5ccccc5c5cc(-n6c7ccccc7c7cc(CC)ccc76)ccc54)cc3c3cccnc32)cc1. The average Bonchev–Trinajstić information content (AvgIpc) is 3.88. The Bertz CT molecular complexity index is 3280. The summed E-state index contributed by atoms with van der Waals surface area (Å²) in [6.45, 7) is 4.42. The third-order valence-corrected chi connectivity index (χ3v) is 11.6. The van der Waals surface area contributed by atoms with E-state index in [0.29, 0.717) is 0 Å². The Morgan fingerprint density at radius 3 is 1.76 bits per heavy atom. The van der Waals surface area contributed by atoms with E-state index < -0.39 is 0 Å². The first kappa shape index (κ1) is 31.6. The van der Waals surface area contributed by atoms with Gasteiger partial charge in [-0.1, -0.05) is 92.7 Å². The Balaban J connectivity index is 1.11. The van der Waals surface area contributed by atoms with Gasteiger partial charge in [0.05, 0.1) is 33.3 Å². The number of pyridine rings is 1. The summed E-state index contributed by atoms with van der Waals surface area (Å²) < 4.78 is 7.18. The topological polar surface area (TPSA) is 27.7 Å². The zero-order valence-corrected chi connectivity index (χ0v) is 30.9. The van der Waals surface area contributed by atoms with Gasteiger partial charge in [0.1, 0.15) is 5.65 Å². The van der Waals surface area contributed by atoms with Crippen LogP contribution < -0.4 is 0 Å². The molecule has 4 heteroatoms. The fourth-order valence-corrected chi connectivity index (χ4v) is 8.95. The highest BCUT2D eigenvalue weighted by molar-refractivity contribution is 6.13. The molecule has 0 saturated carbocycles. The fraction of sp³-hybridized carbons (Fsp3) is 0.0784. The first-order valence-electron chi connectivity index (χ1n) is 19.3. The number of aromatic nitrogens is 4. The summed E-state index contributed by atoms with van der Waals surface area (Å²) in [6.07, 6.45) is 3.93. The predicted octanol–water partition coefficient (Wildman–Crippen LogP) is 13.2. The highest BCUT2D eigenvalue weighted by atomic mass is 15.0. The van der Waals surface area contributed by atoms with E-state index in [-0.39, 0.29) is 0 Å². The van der Waals surface area contributed by atoms with Crippen molar-refractivity contribution in [2.45, 2.75) is 26.7 Å². The van der Waals surface area contributed by atoms with Gasteiger partial charge < -0.3 is 9.13 Å². The lowest BCUT2D eigenvalue weighted by atomic mass is 10.0. The highest BCUT2D eigenvalue weighted by Crippen LogP contribution is 2.41. The van der Waals surface area contributed by atoms with Crippen molar-refractivity contribution in [3.63, 3.8) is 0 Å². The van der Waals surface area contributed by atoms with Crippen molar-refractivity contribution in [1.82, 2.24) is 18.7 Å². The molecule has 0 unspecified atom stereocenters. The molecule has 4 heterocycles. The molecule has 0 spiro atoms. The van der Waals surface area contributed by atoms with Gasteiger partial charge in [0.25, 0.3) is 0 Å². The molecule has 0 radical (unpaired) electrons. The van der Waals surface area contributed by atoms with Gasteiger partial charge in [-0.25, -0.2) is 4.98 Å². The lowest BCUT2D eigenvalue weighted by Crippen LogP contribution is -1.98. The van der Waals surface area contributed by atoms with E-state index in [1.807, 2.05) is 12.3 Å². The number of para-hydroxylation sites is 3. The molecule has 55 heavy (non-hydrogen) atoms. The number of fused-ring (bicyclic) bond motifs is 9. The molecule has 0 saturated heterocycles. The maximum absolute atomic E-state index is 4.89. The number of benzene rings is 7. The zero-order valence-electron chi connectivity index (χ0n) is 30.9. The third kappa shape index (κ3) is 4.74. The molecular weight excluding hydrogens is 669 g/mol. The molecule has 11 aromatic rings. The maximum Gasteiger partial charge on any atom is 0.145 e. The Labute approximate surface area is 319 Å². The Morgan fingerprint density at radius 1 is 0.400 bits per heavy atom. The molecule has 0 bridgehead atoms. The van der Waals surface area contributed by atoms with Crippen LogP contribution in [-0.2, 0) is 12.8 Å². The van der Waals surface area contributed by atoms with Crippen LogP contribution in [-0.4, -0.2) is 18.7 Å². The largest absolute Gasteiger partial charge is 0.309 e. The van der Waals surface area contributed by atoms with E-state index in [1.165, 1.54) is 76.9 Å². The van der Waals surface area contributed by atoms with Crippen molar-refractivity contribution in [3.8, 4) is 28.2 Å². The van der Waals surface area contributed by atoms with Crippen LogP contribution in [0.3, 0.4) is 0 Å². The summed E-state index contributed by atoms with van der Waals surface area (Å²) >= 11 is 0. The van der Waals surface area contributed by atoms with Gasteiger partial charge in [-0.2, -0.15) is 0 Å². The summed E-state index contributed by atoms with van der Waals surface area (Å²) in [7, 11) is 0. The van der Waals surface area contributed by atoms with Gasteiger partial charge in [-0.15, -0.1) is 0 Å². The summed E-state index contributed by atoms with van der Waals surface area (Å²) in [5, 5.41) is 7.40. The van der Waals surface area contributed by atoms with Gasteiger partial charge in [0.2, 0.25) is 0 Å². The van der Waals surface area contributed by atoms with Crippen LogP contribution in [0.2, 0.25) is 0 Å². The van der Waals surface area contributed by atoms with Crippen molar-refractivity contribution in [1.29, 1.82) is 0 Å². The fourth-order valence-electron chi connectivity index (χ4n) is 8.95. The summed E-state index contributed by atoms with van der Waals surface area (Å²) in [6, 6.07) is 60.4. The van der Waals surface area contributed by atoms with Gasteiger partial charge in [-0.3, -0.25) is 4.57 Å². The quantitative estimate of drug-likeness (QED) is 0.169. The second-order valence-electron chi connectivity index (χ2n) is 14.6. The minimum atomic E-state index is 0.972. The molecule has 0 atom stereocenters. The molecule has 11 rings (SSSR count). The van der Waals surface area contributed by atoms with Crippen LogP contribution in [0.1, 0.15) is 25.0 Å². The van der Waals surface area contributed by atoms with Crippen LogP contribution in [0.15, 0.2) is 170 Å². The minimum Gasteiger partial charge on any atom is -0.309 e. The third-order valence-electron chi connectivity index (χ3n) is 11.6. The van der Waals surface area contributed by atoms with Crippen molar-refractivity contribution in [3.05, 3.63) is 181 Å². The molecule has 7 aromatic carbocycles. The Hall–Kier alpha value is -6.91. The smallest absolute Gasteiger partial charge is 0.145 e. The molecule has 0 aliphatic heterocycles. The van der Waals surface area contributed by atoms with Crippen LogP contribution in [0.4, 0.5) is 0 Å². The van der Waals surface area contributed by atoms with Crippen molar-refractivity contribution < 1.29 is 0 Å². The standard InChI is InChI=1S/C51H38N4/c1-3-33-19-23-36(24-20-33)54-49-27-22-35(31-43(49)41-15-11-29-52-51(41)54)38-12-5-8-16-45(38)55-47-18-10-7-14-40(47)44-32-37(25-28-50(44)55)53-46-17-9-6-13-39(46)42-30-34(4-2)21-26-48(42)53/h5-32H,3-4H2,1-2H3. The summed E-state index contributed by atoms with van der Waals surface area (Å²) in [5.41, 5.74) is 15.4. The number of hydrogen-bond acceptors (Lipinski definition) is 1. The average molecular weight is 707 g/mol. The molecular formula is C51H38N4. The van der Waals surface area contributed by atoms with Gasteiger partial charge in [0.15, 0.2) is 0 Å². The van der Waals surface area contributed by atoms with E-state index in [9.17, 15) is 0 Å². The molecule has 0 N–H and O–H groups in total. The highest BCUT2D eigenvalue weighted by Gasteiger charge is 2.20. The van der Waals surface area contributed by atoms with Crippen molar-refractivity contribution in [2.75, 3.05) is 0 Å². The maximum atomic E-state index is 4.89. The van der Waals surface area contributed by atoms with Crippen LogP contribution in [0.5, 0.6) is 0 Å². The second-order valence-corrected chi connectivity index (χ2v) is 14.6. The van der Waals surface area contributed by atoms with E-state index in [2.05, 4.69) is 185 Å². The Kier molecular flexibility index (Phi) is 7.08. The molecule has 262 valence electrons. The van der Waals surface area contributed by atoms with Crippen LogP contribution >= 0.6 is 0 Å². The molecule has 0 aliphatic carbocycles. The van der Waals surface area contributed by atoms with E-state index in [0.717, 1.165) is 40.8 Å². The molecule has 0 aliphatic rings. The van der Waals surface area contributed by atoms with E-state index in [4.69, 9.17) is 4.98 Å². The Morgan fingerprint density at radius 2 is 0.964 bits per heavy atom. The normalized spacial score (nSPS) is 12.0. The van der Waals surface area contributed by atoms with Gasteiger partial charge in [0, 0.05) is 55.5 Å². The van der Waals surface area contributed by atoms with Gasteiger partial charge in [-0.05, 0) is 114 Å². The van der Waals surface area contributed by atoms with Crippen LogP contribution in [0, 0.1) is 0 Å². The van der Waals surface area contributed by atoms with Gasteiger partial charge >= 0.3 is 0 Å². The van der Waals surface area contributed by atoms with E-state index >= 15 is 0 Å².